The van der Waals surface area contributed by atoms with Gasteiger partial charge in [-0.1, -0.05) is 23.2 Å². The van der Waals surface area contributed by atoms with Crippen LogP contribution in [0.1, 0.15) is 11.4 Å². The molecule has 128 valence electrons. The average molecular weight is 374 g/mol. The van der Waals surface area contributed by atoms with Crippen molar-refractivity contribution in [2.24, 2.45) is 0 Å². The standard InChI is InChI=1S/C19H17Cl2N3O/c1-12-23-8-7-18(24-12)13-3-6-19(14(9-13)11-22-2)25-15-4-5-16(20)17(21)10-15/h3-10,22H,11H2,1-2H3. The van der Waals surface area contributed by atoms with Crippen molar-refractivity contribution in [3.8, 4) is 22.8 Å². The number of benzene rings is 2. The molecule has 0 aliphatic heterocycles. The smallest absolute Gasteiger partial charge is 0.131 e. The Morgan fingerprint density at radius 1 is 1.04 bits per heavy atom. The Morgan fingerprint density at radius 2 is 1.88 bits per heavy atom. The predicted octanol–water partition coefficient (Wildman–Crippen LogP) is 5.27. The van der Waals surface area contributed by atoms with Crippen LogP contribution in [0.2, 0.25) is 10.0 Å². The summed E-state index contributed by atoms with van der Waals surface area (Å²) in [6.07, 6.45) is 1.76. The zero-order chi connectivity index (χ0) is 17.8. The molecular formula is C19H17Cl2N3O. The summed E-state index contributed by atoms with van der Waals surface area (Å²) in [4.78, 5) is 8.62. The summed E-state index contributed by atoms with van der Waals surface area (Å²) in [5, 5.41) is 4.12. The van der Waals surface area contributed by atoms with Crippen molar-refractivity contribution in [3.05, 3.63) is 70.1 Å². The number of halogens is 2. The molecule has 0 saturated carbocycles. The van der Waals surface area contributed by atoms with Crippen molar-refractivity contribution >= 4 is 23.2 Å². The summed E-state index contributed by atoms with van der Waals surface area (Å²) in [5.41, 5.74) is 2.91. The number of aryl methyl sites for hydroxylation is 1. The van der Waals surface area contributed by atoms with Gasteiger partial charge in [0.2, 0.25) is 0 Å². The maximum atomic E-state index is 6.06. The van der Waals surface area contributed by atoms with E-state index in [1.165, 1.54) is 0 Å². The fourth-order valence-electron chi connectivity index (χ4n) is 2.45. The van der Waals surface area contributed by atoms with Crippen LogP contribution in [0.5, 0.6) is 11.5 Å². The molecule has 0 atom stereocenters. The van der Waals surface area contributed by atoms with E-state index in [-0.39, 0.29) is 0 Å². The van der Waals surface area contributed by atoms with Gasteiger partial charge in [-0.25, -0.2) is 9.97 Å². The monoisotopic (exact) mass is 373 g/mol. The van der Waals surface area contributed by atoms with Crippen molar-refractivity contribution in [2.45, 2.75) is 13.5 Å². The molecule has 25 heavy (non-hydrogen) atoms. The van der Waals surface area contributed by atoms with Gasteiger partial charge in [-0.2, -0.15) is 0 Å². The van der Waals surface area contributed by atoms with E-state index in [1.54, 1.807) is 24.4 Å². The molecule has 0 aliphatic carbocycles. The van der Waals surface area contributed by atoms with Crippen molar-refractivity contribution in [2.75, 3.05) is 7.05 Å². The van der Waals surface area contributed by atoms with Gasteiger partial charge in [-0.15, -0.1) is 0 Å². The SMILES string of the molecule is CNCc1cc(-c2ccnc(C)n2)ccc1Oc1ccc(Cl)c(Cl)c1. The van der Waals surface area contributed by atoms with E-state index in [0.717, 1.165) is 28.4 Å². The first-order chi connectivity index (χ1) is 12.1. The third-order valence-corrected chi connectivity index (χ3v) is 4.36. The molecule has 0 bridgehead atoms. The lowest BCUT2D eigenvalue weighted by Crippen LogP contribution is -2.06. The van der Waals surface area contributed by atoms with Gasteiger partial charge >= 0.3 is 0 Å². The van der Waals surface area contributed by atoms with Gasteiger partial charge in [0.25, 0.3) is 0 Å². The summed E-state index contributed by atoms with van der Waals surface area (Å²) in [6, 6.07) is 13.1. The van der Waals surface area contributed by atoms with Crippen LogP contribution in [0.3, 0.4) is 0 Å². The number of nitrogens with one attached hydrogen (secondary N) is 1. The van der Waals surface area contributed by atoms with Crippen LogP contribution >= 0.6 is 23.2 Å². The third kappa shape index (κ3) is 4.28. The van der Waals surface area contributed by atoms with Crippen LogP contribution in [-0.4, -0.2) is 17.0 Å². The van der Waals surface area contributed by atoms with Crippen LogP contribution in [0, 0.1) is 6.92 Å². The molecule has 1 heterocycles. The molecular weight excluding hydrogens is 357 g/mol. The highest BCUT2D eigenvalue weighted by Gasteiger charge is 2.10. The Labute approximate surface area is 156 Å². The van der Waals surface area contributed by atoms with E-state index in [1.807, 2.05) is 32.2 Å². The number of hydrogen-bond acceptors (Lipinski definition) is 4. The van der Waals surface area contributed by atoms with Gasteiger partial charge in [0.1, 0.15) is 17.3 Å². The minimum absolute atomic E-state index is 0.461. The predicted molar refractivity (Wildman–Crippen MR) is 102 cm³/mol. The summed E-state index contributed by atoms with van der Waals surface area (Å²) in [6.45, 7) is 2.54. The van der Waals surface area contributed by atoms with E-state index < -0.39 is 0 Å². The summed E-state index contributed by atoms with van der Waals surface area (Å²) < 4.78 is 6.00. The van der Waals surface area contributed by atoms with Crippen LogP contribution < -0.4 is 10.1 Å². The van der Waals surface area contributed by atoms with E-state index in [2.05, 4.69) is 21.4 Å². The number of nitrogens with zero attached hydrogens (tertiary/aromatic N) is 2. The zero-order valence-electron chi connectivity index (χ0n) is 13.9. The Bertz CT molecular complexity index is 900. The molecule has 0 saturated heterocycles. The molecule has 6 heteroatoms. The largest absolute Gasteiger partial charge is 0.457 e. The molecule has 0 spiro atoms. The Morgan fingerprint density at radius 3 is 2.60 bits per heavy atom. The van der Waals surface area contributed by atoms with Crippen LogP contribution in [0.4, 0.5) is 0 Å². The Hall–Kier alpha value is -2.14. The highest BCUT2D eigenvalue weighted by Crippen LogP contribution is 2.32. The minimum atomic E-state index is 0.461. The maximum absolute atomic E-state index is 6.06. The third-order valence-electron chi connectivity index (χ3n) is 3.62. The number of aromatic nitrogens is 2. The van der Waals surface area contributed by atoms with Crippen molar-refractivity contribution in [1.29, 1.82) is 0 Å². The fourth-order valence-corrected chi connectivity index (χ4v) is 2.74. The molecule has 3 aromatic rings. The highest BCUT2D eigenvalue weighted by molar-refractivity contribution is 6.42. The van der Waals surface area contributed by atoms with Gasteiger partial charge in [0.15, 0.2) is 0 Å². The topological polar surface area (TPSA) is 47.0 Å². The van der Waals surface area contributed by atoms with Crippen LogP contribution in [0.25, 0.3) is 11.3 Å². The molecule has 0 amide bonds. The van der Waals surface area contributed by atoms with Crippen LogP contribution in [0.15, 0.2) is 48.7 Å². The highest BCUT2D eigenvalue weighted by atomic mass is 35.5. The quantitative estimate of drug-likeness (QED) is 0.661. The molecule has 4 nitrogen and oxygen atoms in total. The first-order valence-corrected chi connectivity index (χ1v) is 8.53. The van der Waals surface area contributed by atoms with Crippen LogP contribution in [-0.2, 0) is 6.54 Å². The second-order valence-electron chi connectivity index (χ2n) is 5.52. The van der Waals surface area contributed by atoms with E-state index in [4.69, 9.17) is 27.9 Å². The summed E-state index contributed by atoms with van der Waals surface area (Å²) >= 11 is 12.0. The van der Waals surface area contributed by atoms with E-state index in [0.29, 0.717) is 22.3 Å². The molecule has 2 aromatic carbocycles. The lowest BCUT2D eigenvalue weighted by molar-refractivity contribution is 0.474. The van der Waals surface area contributed by atoms with Gasteiger partial charge in [-0.05, 0) is 50.4 Å². The van der Waals surface area contributed by atoms with Gasteiger partial charge in [-0.3, -0.25) is 0 Å². The van der Waals surface area contributed by atoms with Gasteiger partial charge in [0.05, 0.1) is 15.7 Å². The molecule has 1 N–H and O–H groups in total. The van der Waals surface area contributed by atoms with Gasteiger partial charge in [0, 0.05) is 29.9 Å². The first-order valence-electron chi connectivity index (χ1n) is 7.77. The number of ether oxygens (including phenoxy) is 1. The number of rotatable bonds is 5. The van der Waals surface area contributed by atoms with Crippen molar-refractivity contribution < 1.29 is 4.74 Å². The summed E-state index contributed by atoms with van der Waals surface area (Å²) in [5.74, 6) is 2.13. The Kier molecular flexibility index (Phi) is 5.53. The second-order valence-corrected chi connectivity index (χ2v) is 6.33. The molecule has 1 aromatic heterocycles. The molecule has 0 fully saturated rings. The lowest BCUT2D eigenvalue weighted by Gasteiger charge is -2.13. The van der Waals surface area contributed by atoms with Crippen molar-refractivity contribution in [1.82, 2.24) is 15.3 Å². The molecule has 0 unspecified atom stereocenters. The Balaban J connectivity index is 1.95. The van der Waals surface area contributed by atoms with Gasteiger partial charge < -0.3 is 10.1 Å². The zero-order valence-corrected chi connectivity index (χ0v) is 15.4. The molecule has 0 radical (unpaired) electrons. The molecule has 3 rings (SSSR count). The average Bonchev–Trinajstić information content (AvgIpc) is 2.60. The minimum Gasteiger partial charge on any atom is -0.457 e. The number of hydrogen-bond donors (Lipinski definition) is 1. The second kappa shape index (κ2) is 7.83. The summed E-state index contributed by atoms with van der Waals surface area (Å²) in [7, 11) is 1.89. The molecule has 0 aliphatic rings. The first kappa shape index (κ1) is 17.7. The fraction of sp³-hybridized carbons (Fsp3) is 0.158. The normalized spacial score (nSPS) is 10.7. The van der Waals surface area contributed by atoms with Crippen molar-refractivity contribution in [3.63, 3.8) is 0 Å². The maximum Gasteiger partial charge on any atom is 0.131 e. The van der Waals surface area contributed by atoms with E-state index in [9.17, 15) is 0 Å². The lowest BCUT2D eigenvalue weighted by atomic mass is 10.1. The van der Waals surface area contributed by atoms with E-state index >= 15 is 0 Å².